The average Bonchev–Trinajstić information content (AvgIpc) is 2.35. The molecule has 7 nitrogen and oxygen atoms in total. The van der Waals surface area contributed by atoms with Crippen molar-refractivity contribution in [1.29, 1.82) is 0 Å². The monoisotopic (exact) mass is 272 g/mol. The van der Waals surface area contributed by atoms with E-state index in [9.17, 15) is 19.2 Å². The molecule has 0 radical (unpaired) electrons. The van der Waals surface area contributed by atoms with E-state index in [1.165, 1.54) is 14.0 Å². The second-order valence-corrected chi connectivity index (χ2v) is 4.24. The minimum atomic E-state index is -0.989. The molecule has 108 valence electrons. The summed E-state index contributed by atoms with van der Waals surface area (Å²) >= 11 is 0. The van der Waals surface area contributed by atoms with Gasteiger partial charge in [0.1, 0.15) is 0 Å². The van der Waals surface area contributed by atoms with E-state index in [0.29, 0.717) is 0 Å². The van der Waals surface area contributed by atoms with Crippen molar-refractivity contribution in [3.63, 3.8) is 0 Å². The number of amides is 2. The zero-order valence-electron chi connectivity index (χ0n) is 11.4. The summed E-state index contributed by atoms with van der Waals surface area (Å²) in [5, 5.41) is 2.42. The largest absolute Gasteiger partial charge is 0.469 e. The molecule has 0 aromatic heterocycles. The summed E-state index contributed by atoms with van der Waals surface area (Å²) in [6.07, 6.45) is -0.206. The first kappa shape index (κ1) is 17.1. The van der Waals surface area contributed by atoms with Crippen molar-refractivity contribution < 1.29 is 23.9 Å². The highest BCUT2D eigenvalue weighted by atomic mass is 16.5. The molecular weight excluding hydrogens is 252 g/mol. The van der Waals surface area contributed by atoms with E-state index in [-0.39, 0.29) is 25.2 Å². The number of ketones is 1. The number of esters is 1. The van der Waals surface area contributed by atoms with Crippen LogP contribution in [0.2, 0.25) is 0 Å². The van der Waals surface area contributed by atoms with Crippen molar-refractivity contribution >= 4 is 23.6 Å². The number of nitrogens with two attached hydrogens (primary N) is 1. The predicted octanol–water partition coefficient (Wildman–Crippen LogP) is -0.475. The molecule has 0 rings (SSSR count). The fourth-order valence-corrected chi connectivity index (χ4v) is 1.47. The van der Waals surface area contributed by atoms with Gasteiger partial charge >= 0.3 is 5.97 Å². The predicted molar refractivity (Wildman–Crippen MR) is 66.8 cm³/mol. The number of methoxy groups -OCH3 is 1. The van der Waals surface area contributed by atoms with Crippen LogP contribution in [0.1, 0.15) is 33.1 Å². The quantitative estimate of drug-likeness (QED) is 0.579. The van der Waals surface area contributed by atoms with Crippen LogP contribution < -0.4 is 11.1 Å². The fourth-order valence-electron chi connectivity index (χ4n) is 1.47. The van der Waals surface area contributed by atoms with Crippen molar-refractivity contribution in [2.75, 3.05) is 7.11 Å². The van der Waals surface area contributed by atoms with Crippen LogP contribution in [-0.2, 0) is 23.9 Å². The Hall–Kier alpha value is -1.92. The molecule has 0 saturated carbocycles. The molecule has 0 aromatic rings. The lowest BCUT2D eigenvalue weighted by Crippen LogP contribution is -2.44. The van der Waals surface area contributed by atoms with E-state index in [1.807, 2.05) is 0 Å². The van der Waals surface area contributed by atoms with E-state index >= 15 is 0 Å². The van der Waals surface area contributed by atoms with Crippen molar-refractivity contribution in [3.05, 3.63) is 0 Å². The Bertz CT molecular complexity index is 367. The smallest absolute Gasteiger partial charge is 0.308 e. The van der Waals surface area contributed by atoms with Crippen LogP contribution in [0.3, 0.4) is 0 Å². The number of rotatable bonds is 8. The van der Waals surface area contributed by atoms with E-state index < -0.39 is 29.6 Å². The summed E-state index contributed by atoms with van der Waals surface area (Å²) in [4.78, 5) is 45.3. The summed E-state index contributed by atoms with van der Waals surface area (Å²) in [6, 6.07) is -0.989. The zero-order valence-corrected chi connectivity index (χ0v) is 11.4. The first-order chi connectivity index (χ1) is 8.81. The molecule has 0 aliphatic carbocycles. The Morgan fingerprint density at radius 1 is 1.21 bits per heavy atom. The topological polar surface area (TPSA) is 116 Å². The maximum absolute atomic E-state index is 11.9. The summed E-state index contributed by atoms with van der Waals surface area (Å²) in [7, 11) is 1.23. The molecule has 0 aliphatic rings. The van der Waals surface area contributed by atoms with Crippen LogP contribution >= 0.6 is 0 Å². The third kappa shape index (κ3) is 6.54. The van der Waals surface area contributed by atoms with Crippen LogP contribution in [0.4, 0.5) is 0 Å². The minimum Gasteiger partial charge on any atom is -0.469 e. The van der Waals surface area contributed by atoms with Crippen molar-refractivity contribution in [2.24, 2.45) is 11.7 Å². The van der Waals surface area contributed by atoms with Gasteiger partial charge in [-0.1, -0.05) is 13.8 Å². The molecule has 19 heavy (non-hydrogen) atoms. The molecule has 0 bridgehead atoms. The molecule has 0 unspecified atom stereocenters. The number of carbonyl (C=O) groups excluding carboxylic acids is 4. The zero-order chi connectivity index (χ0) is 15.0. The van der Waals surface area contributed by atoms with E-state index in [1.54, 1.807) is 6.92 Å². The molecule has 0 aromatic carbocycles. The van der Waals surface area contributed by atoms with Gasteiger partial charge in [-0.2, -0.15) is 0 Å². The summed E-state index contributed by atoms with van der Waals surface area (Å²) < 4.78 is 4.51. The highest BCUT2D eigenvalue weighted by Gasteiger charge is 2.26. The maximum atomic E-state index is 11.9. The van der Waals surface area contributed by atoms with Gasteiger partial charge in [0, 0.05) is 12.8 Å². The summed E-state index contributed by atoms with van der Waals surface area (Å²) in [6.45, 7) is 3.16. The molecule has 0 fully saturated rings. The minimum absolute atomic E-state index is 0.116. The van der Waals surface area contributed by atoms with Crippen molar-refractivity contribution in [1.82, 2.24) is 5.32 Å². The lowest BCUT2D eigenvalue weighted by molar-refractivity contribution is -0.146. The standard InChI is InChI=1S/C12H20N2O5/c1-4-11(17)14-8(6-10(13)16)9(15)5-7(2)12(18)19-3/h7-8H,4-6H2,1-3H3,(H2,13,16)(H,14,17)/t7-,8+/m1/s1. The third-order valence-corrected chi connectivity index (χ3v) is 2.56. The number of carbonyl (C=O) groups is 4. The third-order valence-electron chi connectivity index (χ3n) is 2.56. The Labute approximate surface area is 111 Å². The van der Waals surface area contributed by atoms with Gasteiger partial charge < -0.3 is 15.8 Å². The number of hydrogen-bond acceptors (Lipinski definition) is 5. The van der Waals surface area contributed by atoms with Crippen molar-refractivity contribution in [3.8, 4) is 0 Å². The lowest BCUT2D eigenvalue weighted by atomic mass is 9.98. The molecule has 0 aliphatic heterocycles. The van der Waals surface area contributed by atoms with Crippen LogP contribution in [-0.4, -0.2) is 36.7 Å². The highest BCUT2D eigenvalue weighted by molar-refractivity contribution is 5.94. The molecule has 0 spiro atoms. The van der Waals surface area contributed by atoms with E-state index in [0.717, 1.165) is 0 Å². The molecular formula is C12H20N2O5. The number of primary amides is 1. The Morgan fingerprint density at radius 3 is 2.21 bits per heavy atom. The SMILES string of the molecule is CCC(=O)N[C@@H](CC(N)=O)C(=O)C[C@@H](C)C(=O)OC. The number of hydrogen-bond donors (Lipinski definition) is 2. The van der Waals surface area contributed by atoms with Gasteiger partial charge in [-0.05, 0) is 0 Å². The second-order valence-electron chi connectivity index (χ2n) is 4.24. The highest BCUT2D eigenvalue weighted by Crippen LogP contribution is 2.09. The van der Waals surface area contributed by atoms with E-state index in [2.05, 4.69) is 10.1 Å². The van der Waals surface area contributed by atoms with Crippen LogP contribution in [0.5, 0.6) is 0 Å². The maximum Gasteiger partial charge on any atom is 0.308 e. The van der Waals surface area contributed by atoms with Gasteiger partial charge in [-0.15, -0.1) is 0 Å². The van der Waals surface area contributed by atoms with Crippen LogP contribution in [0.15, 0.2) is 0 Å². The van der Waals surface area contributed by atoms with Gasteiger partial charge in [-0.3, -0.25) is 19.2 Å². The number of nitrogens with one attached hydrogen (secondary N) is 1. The number of Topliss-reactive ketones (excluding diaryl/α,β-unsaturated/α-hetero) is 1. The van der Waals surface area contributed by atoms with Crippen LogP contribution in [0.25, 0.3) is 0 Å². The van der Waals surface area contributed by atoms with Gasteiger partial charge in [0.25, 0.3) is 0 Å². The second kappa shape index (κ2) is 8.23. The normalized spacial score (nSPS) is 13.2. The number of ether oxygens (including phenoxy) is 1. The van der Waals surface area contributed by atoms with Crippen LogP contribution in [0, 0.1) is 5.92 Å². The molecule has 0 heterocycles. The first-order valence-electron chi connectivity index (χ1n) is 6.00. The first-order valence-corrected chi connectivity index (χ1v) is 6.00. The Balaban J connectivity index is 4.66. The molecule has 0 saturated heterocycles. The van der Waals surface area contributed by atoms with Gasteiger partial charge in [0.15, 0.2) is 5.78 Å². The fraction of sp³-hybridized carbons (Fsp3) is 0.667. The van der Waals surface area contributed by atoms with Gasteiger partial charge in [0.05, 0.1) is 25.5 Å². The van der Waals surface area contributed by atoms with E-state index in [4.69, 9.17) is 5.73 Å². The molecule has 3 N–H and O–H groups in total. The lowest BCUT2D eigenvalue weighted by Gasteiger charge is -2.17. The summed E-state index contributed by atoms with van der Waals surface area (Å²) in [5.41, 5.74) is 5.03. The molecule has 7 heteroatoms. The summed E-state index contributed by atoms with van der Waals surface area (Å²) in [5.74, 6) is -2.62. The van der Waals surface area contributed by atoms with Gasteiger partial charge in [0.2, 0.25) is 11.8 Å². The Kier molecular flexibility index (Phi) is 7.40. The van der Waals surface area contributed by atoms with Gasteiger partial charge in [-0.25, -0.2) is 0 Å². The molecule has 2 atom stereocenters. The molecule has 2 amide bonds. The average molecular weight is 272 g/mol. The van der Waals surface area contributed by atoms with Crippen molar-refractivity contribution in [2.45, 2.75) is 39.2 Å². The Morgan fingerprint density at radius 2 is 1.79 bits per heavy atom.